The van der Waals surface area contributed by atoms with Crippen molar-refractivity contribution in [1.82, 2.24) is 20.1 Å². The molecule has 0 radical (unpaired) electrons. The molecule has 226 valence electrons. The third-order valence-electron chi connectivity index (χ3n) is 6.67. The zero-order chi connectivity index (χ0) is 31.8. The number of nitrogens with one attached hydrogen (secondary N) is 3. The van der Waals surface area contributed by atoms with E-state index in [1.54, 1.807) is 0 Å². The van der Waals surface area contributed by atoms with Gasteiger partial charge in [0, 0.05) is 49.2 Å². The number of nitrogens with zero attached hydrogens (tertiary/aromatic N) is 3. The number of anilines is 2. The number of pyridine rings is 1. The van der Waals surface area contributed by atoms with Crippen LogP contribution in [0.3, 0.4) is 0 Å². The number of rotatable bonds is 11. The lowest BCUT2D eigenvalue weighted by molar-refractivity contribution is 0.102. The van der Waals surface area contributed by atoms with Gasteiger partial charge in [0.15, 0.2) is 11.6 Å². The van der Waals surface area contributed by atoms with Gasteiger partial charge in [0.1, 0.15) is 22.9 Å². The van der Waals surface area contributed by atoms with Crippen molar-refractivity contribution in [1.29, 1.82) is 5.41 Å². The minimum absolute atomic E-state index is 0.0602. The molecule has 0 bridgehead atoms. The van der Waals surface area contributed by atoms with Gasteiger partial charge in [0.2, 0.25) is 0 Å². The fourth-order valence-electron chi connectivity index (χ4n) is 4.23. The number of carbonyl (C=O) groups excluding carboxylic acids is 1. The number of nitrogens with two attached hydrogens (primary N) is 1. The Bertz CT molecular complexity index is 1800. The lowest BCUT2D eigenvalue weighted by Crippen LogP contribution is -2.29. The normalized spacial score (nSPS) is 12.2. The molecular formula is C32H31F2N7O3. The summed E-state index contributed by atoms with van der Waals surface area (Å²) >= 11 is 0. The Hall–Kier alpha value is -5.65. The van der Waals surface area contributed by atoms with Gasteiger partial charge in [0.05, 0.1) is 17.0 Å². The van der Waals surface area contributed by atoms with E-state index < -0.39 is 23.1 Å². The summed E-state index contributed by atoms with van der Waals surface area (Å²) < 4.78 is 35.3. The van der Waals surface area contributed by atoms with E-state index in [1.807, 2.05) is 39.1 Å². The molecule has 0 spiro atoms. The maximum atomic E-state index is 15.2. The molecule has 4 rings (SSSR count). The summed E-state index contributed by atoms with van der Waals surface area (Å²) in [6.07, 6.45) is 9.08. The van der Waals surface area contributed by atoms with Gasteiger partial charge < -0.3 is 26.5 Å². The molecule has 0 saturated heterocycles. The van der Waals surface area contributed by atoms with Crippen LogP contribution in [0, 0.1) is 23.0 Å². The fourth-order valence-corrected chi connectivity index (χ4v) is 4.23. The van der Waals surface area contributed by atoms with Crippen molar-refractivity contribution in [2.24, 2.45) is 5.92 Å². The summed E-state index contributed by atoms with van der Waals surface area (Å²) in [6, 6.07) is 11.5. The molecule has 4 aromatic rings. The Morgan fingerprint density at radius 3 is 2.55 bits per heavy atom. The zero-order valence-corrected chi connectivity index (χ0v) is 24.3. The second kappa shape index (κ2) is 14.0. The molecule has 1 amide bonds. The molecule has 44 heavy (non-hydrogen) atoms. The Morgan fingerprint density at radius 2 is 1.86 bits per heavy atom. The predicted molar refractivity (Wildman–Crippen MR) is 165 cm³/mol. The van der Waals surface area contributed by atoms with Gasteiger partial charge >= 0.3 is 0 Å². The van der Waals surface area contributed by atoms with Gasteiger partial charge in [-0.25, -0.2) is 13.8 Å². The van der Waals surface area contributed by atoms with E-state index >= 15 is 4.39 Å². The Morgan fingerprint density at radius 1 is 1.11 bits per heavy atom. The summed E-state index contributed by atoms with van der Waals surface area (Å²) in [5, 5.41) is 18.3. The van der Waals surface area contributed by atoms with Crippen LogP contribution in [0.25, 0.3) is 5.69 Å². The largest absolute Gasteiger partial charge is 0.453 e. The first-order valence-corrected chi connectivity index (χ1v) is 13.6. The zero-order valence-electron chi connectivity index (χ0n) is 24.3. The minimum atomic E-state index is -0.812. The maximum Gasteiger partial charge on any atom is 0.284 e. The highest BCUT2D eigenvalue weighted by molar-refractivity contribution is 6.06. The van der Waals surface area contributed by atoms with E-state index in [2.05, 4.69) is 20.7 Å². The number of nitrogen functional groups attached to an aromatic ring is 1. The molecule has 2 aromatic carbocycles. The van der Waals surface area contributed by atoms with E-state index in [0.717, 1.165) is 16.4 Å². The molecule has 0 aliphatic rings. The summed E-state index contributed by atoms with van der Waals surface area (Å²) in [7, 11) is 1.84. The van der Waals surface area contributed by atoms with Crippen molar-refractivity contribution in [3.63, 3.8) is 0 Å². The van der Waals surface area contributed by atoms with Gasteiger partial charge in [-0.3, -0.25) is 9.59 Å². The predicted octanol–water partition coefficient (Wildman–Crippen LogP) is 5.61. The number of hydrogen-bond donors (Lipinski definition) is 4. The Labute approximate surface area is 252 Å². The second-order valence-corrected chi connectivity index (χ2v) is 9.61. The first kappa shape index (κ1) is 31.3. The first-order chi connectivity index (χ1) is 21.1. The number of halogens is 2. The summed E-state index contributed by atoms with van der Waals surface area (Å²) in [5.74, 6) is -2.42. The molecule has 2 heterocycles. The highest BCUT2D eigenvalue weighted by Gasteiger charge is 2.20. The van der Waals surface area contributed by atoms with Crippen molar-refractivity contribution in [3.05, 3.63) is 124 Å². The van der Waals surface area contributed by atoms with Gasteiger partial charge in [-0.2, -0.15) is 9.78 Å². The van der Waals surface area contributed by atoms with E-state index in [4.69, 9.17) is 15.9 Å². The molecule has 12 heteroatoms. The fraction of sp³-hybridized carbons (Fsp3) is 0.156. The number of allylic oxidation sites excluding steroid dienone is 3. The van der Waals surface area contributed by atoms with E-state index in [0.29, 0.717) is 6.42 Å². The average Bonchev–Trinajstić information content (AvgIpc) is 3.01. The smallest absolute Gasteiger partial charge is 0.284 e. The van der Waals surface area contributed by atoms with Gasteiger partial charge in [0.25, 0.3) is 11.5 Å². The van der Waals surface area contributed by atoms with Crippen LogP contribution in [0.4, 0.5) is 20.3 Å². The van der Waals surface area contributed by atoms with Crippen LogP contribution in [-0.4, -0.2) is 33.4 Å². The lowest BCUT2D eigenvalue weighted by Gasteiger charge is -2.17. The molecule has 0 aliphatic carbocycles. The molecule has 2 aromatic heterocycles. The van der Waals surface area contributed by atoms with E-state index in [1.165, 1.54) is 60.9 Å². The topological polar surface area (TPSA) is 148 Å². The summed E-state index contributed by atoms with van der Waals surface area (Å²) in [5.41, 5.74) is 6.85. The number of amides is 1. The molecular weight excluding hydrogens is 568 g/mol. The quantitative estimate of drug-likeness (QED) is 0.129. The third-order valence-corrected chi connectivity index (χ3v) is 6.67. The summed E-state index contributed by atoms with van der Waals surface area (Å²) in [6.45, 7) is 3.76. The standard InChI is InChI=1S/C32H31F2N7O3/c1-4-21(37-3)7-5-6-19(2)29(35)28-27(15-16-38-30(28)36)44-26-13-10-22(18-25(26)34)40-31(42)24-14-17-39-41(32(24)43)23-11-8-20(33)9-12-23/h4-6,8-19,35,37H,7H2,1-3H3,(H2,36,38)(H,40,42)/b6-5-,21-4+,35-29?. The number of hydrogen-bond acceptors (Lipinski definition) is 8. The molecule has 5 N–H and O–H groups in total. The SMILES string of the molecule is C/C=C(\C/C=C\C(C)C(=N)c1c(Oc2ccc(NC(=O)c3ccnn(-c4ccc(F)cc4)c3=O)cc2F)ccnc1N)NC. The van der Waals surface area contributed by atoms with Crippen molar-refractivity contribution < 1.29 is 18.3 Å². The van der Waals surface area contributed by atoms with Crippen LogP contribution in [0.15, 0.2) is 95.7 Å². The van der Waals surface area contributed by atoms with Crippen molar-refractivity contribution in [2.75, 3.05) is 18.1 Å². The van der Waals surface area contributed by atoms with E-state index in [9.17, 15) is 14.0 Å². The van der Waals surface area contributed by atoms with Crippen LogP contribution in [-0.2, 0) is 0 Å². The molecule has 10 nitrogen and oxygen atoms in total. The molecule has 1 atom stereocenters. The van der Waals surface area contributed by atoms with Crippen LogP contribution < -0.4 is 26.7 Å². The van der Waals surface area contributed by atoms with Crippen LogP contribution in [0.1, 0.15) is 36.2 Å². The van der Waals surface area contributed by atoms with Crippen LogP contribution >= 0.6 is 0 Å². The monoisotopic (exact) mass is 599 g/mol. The Balaban J connectivity index is 1.51. The first-order valence-electron chi connectivity index (χ1n) is 13.6. The number of ether oxygens (including phenoxy) is 1. The number of aromatic nitrogens is 3. The van der Waals surface area contributed by atoms with Crippen LogP contribution in [0.2, 0.25) is 0 Å². The Kier molecular flexibility index (Phi) is 9.96. The third kappa shape index (κ3) is 7.21. The molecule has 1 unspecified atom stereocenters. The number of benzene rings is 2. The van der Waals surface area contributed by atoms with Crippen molar-refractivity contribution >= 4 is 23.1 Å². The highest BCUT2D eigenvalue weighted by atomic mass is 19.1. The number of carbonyl (C=O) groups is 1. The minimum Gasteiger partial charge on any atom is -0.453 e. The van der Waals surface area contributed by atoms with Gasteiger partial charge in [-0.05, 0) is 55.5 Å². The highest BCUT2D eigenvalue weighted by Crippen LogP contribution is 2.32. The van der Waals surface area contributed by atoms with Gasteiger partial charge in [-0.1, -0.05) is 25.2 Å². The average molecular weight is 600 g/mol. The second-order valence-electron chi connectivity index (χ2n) is 9.61. The van der Waals surface area contributed by atoms with E-state index in [-0.39, 0.29) is 51.4 Å². The lowest BCUT2D eigenvalue weighted by atomic mass is 9.97. The maximum absolute atomic E-state index is 15.2. The summed E-state index contributed by atoms with van der Waals surface area (Å²) in [4.78, 5) is 29.9. The van der Waals surface area contributed by atoms with Gasteiger partial charge in [-0.15, -0.1) is 0 Å². The van der Waals surface area contributed by atoms with Crippen molar-refractivity contribution in [2.45, 2.75) is 20.3 Å². The van der Waals surface area contributed by atoms with Crippen LogP contribution in [0.5, 0.6) is 11.5 Å². The molecule has 0 fully saturated rings. The van der Waals surface area contributed by atoms with Crippen molar-refractivity contribution in [3.8, 4) is 17.2 Å². The molecule has 0 aliphatic heterocycles. The molecule has 0 saturated carbocycles.